The first-order chi connectivity index (χ1) is 12.2. The molecule has 0 spiro atoms. The van der Waals surface area contributed by atoms with Crippen LogP contribution < -0.4 is 5.43 Å². The zero-order valence-corrected chi connectivity index (χ0v) is 13.5. The molecule has 0 unspecified atom stereocenters. The lowest BCUT2D eigenvalue weighted by Gasteiger charge is -2.38. The summed E-state index contributed by atoms with van der Waals surface area (Å²) in [4.78, 5) is 26.4. The van der Waals surface area contributed by atoms with Crippen LogP contribution in [0.3, 0.4) is 0 Å². The van der Waals surface area contributed by atoms with E-state index in [1.165, 1.54) is 18.9 Å². The second kappa shape index (κ2) is 5.27. The number of carbonyl (C=O) groups is 1. The number of nitrogens with zero attached hydrogens (tertiary/aromatic N) is 4. The summed E-state index contributed by atoms with van der Waals surface area (Å²) in [6.07, 6.45) is 4.37. The summed E-state index contributed by atoms with van der Waals surface area (Å²) in [6, 6.07) is 8.35. The fraction of sp³-hybridized carbons (Fsp3) is 0.333. The summed E-state index contributed by atoms with van der Waals surface area (Å²) < 4.78 is 7.46. The van der Waals surface area contributed by atoms with Gasteiger partial charge in [0.25, 0.3) is 5.91 Å². The molecule has 7 nitrogen and oxygen atoms in total. The van der Waals surface area contributed by atoms with Crippen LogP contribution in [0.2, 0.25) is 0 Å². The van der Waals surface area contributed by atoms with E-state index in [2.05, 4.69) is 10.3 Å². The Hall–Kier alpha value is -2.96. The zero-order chi connectivity index (χ0) is 17.0. The molecular formula is C18H16N4O3. The molecule has 2 fully saturated rings. The van der Waals surface area contributed by atoms with Crippen LogP contribution >= 0.6 is 0 Å². The first-order valence-corrected chi connectivity index (χ1v) is 8.43. The highest BCUT2D eigenvalue weighted by Gasteiger charge is 2.35. The molecule has 3 heterocycles. The Morgan fingerprint density at radius 2 is 2.00 bits per heavy atom. The van der Waals surface area contributed by atoms with E-state index in [0.717, 1.165) is 5.69 Å². The van der Waals surface area contributed by atoms with E-state index in [4.69, 9.17) is 4.42 Å². The molecule has 7 heteroatoms. The molecule has 126 valence electrons. The van der Waals surface area contributed by atoms with Crippen molar-refractivity contribution in [2.45, 2.75) is 24.8 Å². The van der Waals surface area contributed by atoms with Crippen molar-refractivity contribution in [3.05, 3.63) is 58.2 Å². The fourth-order valence-electron chi connectivity index (χ4n) is 3.19. The quantitative estimate of drug-likeness (QED) is 0.730. The van der Waals surface area contributed by atoms with Gasteiger partial charge in [-0.15, -0.1) is 5.10 Å². The zero-order valence-electron chi connectivity index (χ0n) is 13.5. The predicted octanol–water partition coefficient (Wildman–Crippen LogP) is 1.96. The van der Waals surface area contributed by atoms with Crippen LogP contribution in [0.15, 0.2) is 45.7 Å². The Kier molecular flexibility index (Phi) is 3.03. The van der Waals surface area contributed by atoms with E-state index in [-0.39, 0.29) is 23.1 Å². The van der Waals surface area contributed by atoms with E-state index < -0.39 is 0 Å². The van der Waals surface area contributed by atoms with Gasteiger partial charge >= 0.3 is 0 Å². The van der Waals surface area contributed by atoms with Gasteiger partial charge in [-0.1, -0.05) is 17.3 Å². The Bertz CT molecular complexity index is 1030. The molecule has 2 aliphatic rings. The molecule has 0 atom stereocenters. The van der Waals surface area contributed by atoms with Crippen molar-refractivity contribution < 1.29 is 9.21 Å². The average Bonchev–Trinajstić information content (AvgIpc) is 3.32. The van der Waals surface area contributed by atoms with E-state index in [0.29, 0.717) is 30.0 Å². The fourth-order valence-corrected chi connectivity index (χ4v) is 3.19. The lowest BCUT2D eigenvalue weighted by Crippen LogP contribution is -2.51. The molecule has 2 aromatic heterocycles. The summed E-state index contributed by atoms with van der Waals surface area (Å²) in [5, 5.41) is 8.86. The van der Waals surface area contributed by atoms with E-state index in [9.17, 15) is 9.59 Å². The van der Waals surface area contributed by atoms with Crippen molar-refractivity contribution in [2.24, 2.45) is 0 Å². The lowest BCUT2D eigenvalue weighted by molar-refractivity contribution is 0.0467. The van der Waals surface area contributed by atoms with Gasteiger partial charge in [0.1, 0.15) is 5.58 Å². The Morgan fingerprint density at radius 1 is 1.20 bits per heavy atom. The molecule has 1 aliphatic carbocycles. The SMILES string of the molecule is O=C(c1cc(=O)c2ccccc2o1)N1CC(n2cc(C3CC3)nn2)C1. The smallest absolute Gasteiger partial charge is 0.289 e. The number of benzene rings is 1. The van der Waals surface area contributed by atoms with Gasteiger partial charge in [-0.3, -0.25) is 9.59 Å². The summed E-state index contributed by atoms with van der Waals surface area (Å²) in [5.41, 5.74) is 1.28. The maximum Gasteiger partial charge on any atom is 0.289 e. The number of aromatic nitrogens is 3. The summed E-state index contributed by atoms with van der Waals surface area (Å²) >= 11 is 0. The highest BCUT2D eigenvalue weighted by molar-refractivity contribution is 5.93. The van der Waals surface area contributed by atoms with E-state index in [1.54, 1.807) is 29.2 Å². The molecule has 1 amide bonds. The molecule has 0 radical (unpaired) electrons. The number of amides is 1. The molecule has 0 N–H and O–H groups in total. The third-order valence-electron chi connectivity index (χ3n) is 4.89. The van der Waals surface area contributed by atoms with Crippen LogP contribution in [0, 0.1) is 0 Å². The minimum atomic E-state index is -0.262. The summed E-state index contributed by atoms with van der Waals surface area (Å²) in [5.74, 6) is 0.388. The van der Waals surface area contributed by atoms with Crippen LogP contribution in [-0.2, 0) is 0 Å². The standard InChI is InChI=1S/C18H16N4O3/c23-15-7-17(25-16-4-2-1-3-13(15)16)18(24)21-8-12(9-21)22-10-14(19-20-22)11-5-6-11/h1-4,7,10-12H,5-6,8-9H2. The molecule has 3 aromatic rings. The van der Waals surface area contributed by atoms with Crippen molar-refractivity contribution in [1.82, 2.24) is 19.9 Å². The van der Waals surface area contributed by atoms with Crippen molar-refractivity contribution >= 4 is 16.9 Å². The number of fused-ring (bicyclic) bond motifs is 1. The van der Waals surface area contributed by atoms with Gasteiger partial charge in [0.2, 0.25) is 0 Å². The normalized spacial score (nSPS) is 17.7. The Morgan fingerprint density at radius 3 is 2.80 bits per heavy atom. The van der Waals surface area contributed by atoms with Gasteiger partial charge in [-0.2, -0.15) is 0 Å². The minimum absolute atomic E-state index is 0.0828. The first kappa shape index (κ1) is 14.4. The molecule has 1 aliphatic heterocycles. The maximum absolute atomic E-state index is 12.6. The van der Waals surface area contributed by atoms with Crippen LogP contribution in [-0.4, -0.2) is 38.9 Å². The maximum atomic E-state index is 12.6. The highest BCUT2D eigenvalue weighted by Crippen LogP contribution is 2.39. The van der Waals surface area contributed by atoms with E-state index >= 15 is 0 Å². The second-order valence-electron chi connectivity index (χ2n) is 6.73. The van der Waals surface area contributed by atoms with Crippen molar-refractivity contribution in [1.29, 1.82) is 0 Å². The lowest BCUT2D eigenvalue weighted by atomic mass is 10.1. The van der Waals surface area contributed by atoms with Crippen LogP contribution in [0.4, 0.5) is 0 Å². The number of rotatable bonds is 3. The average molecular weight is 336 g/mol. The summed E-state index contributed by atoms with van der Waals surface area (Å²) in [7, 11) is 0. The number of para-hydroxylation sites is 1. The minimum Gasteiger partial charge on any atom is -0.451 e. The van der Waals surface area contributed by atoms with Crippen molar-refractivity contribution in [2.75, 3.05) is 13.1 Å². The van der Waals surface area contributed by atoms with Crippen LogP contribution in [0.25, 0.3) is 11.0 Å². The molecule has 1 aromatic carbocycles. The van der Waals surface area contributed by atoms with Gasteiger partial charge < -0.3 is 9.32 Å². The Labute approximate surface area is 142 Å². The van der Waals surface area contributed by atoms with Gasteiger partial charge in [0.05, 0.1) is 17.1 Å². The highest BCUT2D eigenvalue weighted by atomic mass is 16.3. The summed E-state index contributed by atoms with van der Waals surface area (Å²) in [6.45, 7) is 1.09. The number of hydrogen-bond acceptors (Lipinski definition) is 5. The number of likely N-dealkylation sites (tertiary alicyclic amines) is 1. The molecular weight excluding hydrogens is 320 g/mol. The van der Waals surface area contributed by atoms with Crippen molar-refractivity contribution in [3.8, 4) is 0 Å². The second-order valence-corrected chi connectivity index (χ2v) is 6.73. The van der Waals surface area contributed by atoms with Crippen LogP contribution in [0.1, 0.15) is 41.1 Å². The van der Waals surface area contributed by atoms with Crippen LogP contribution in [0.5, 0.6) is 0 Å². The Balaban J connectivity index is 1.33. The molecule has 5 rings (SSSR count). The molecule has 1 saturated carbocycles. The van der Waals surface area contributed by atoms with Gasteiger partial charge in [-0.25, -0.2) is 4.68 Å². The third-order valence-corrected chi connectivity index (χ3v) is 4.89. The molecule has 25 heavy (non-hydrogen) atoms. The largest absolute Gasteiger partial charge is 0.451 e. The first-order valence-electron chi connectivity index (χ1n) is 8.43. The molecule has 1 saturated heterocycles. The number of hydrogen-bond donors (Lipinski definition) is 0. The topological polar surface area (TPSA) is 81.2 Å². The monoisotopic (exact) mass is 336 g/mol. The van der Waals surface area contributed by atoms with Gasteiger partial charge in [-0.05, 0) is 25.0 Å². The number of carbonyl (C=O) groups excluding carboxylic acids is 1. The predicted molar refractivity (Wildman–Crippen MR) is 89.4 cm³/mol. The molecule has 0 bridgehead atoms. The van der Waals surface area contributed by atoms with Gasteiger partial charge in [0.15, 0.2) is 11.2 Å². The van der Waals surface area contributed by atoms with Crippen molar-refractivity contribution in [3.63, 3.8) is 0 Å². The third kappa shape index (κ3) is 2.43. The van der Waals surface area contributed by atoms with E-state index in [1.807, 2.05) is 10.9 Å². The van der Waals surface area contributed by atoms with Gasteiger partial charge in [0, 0.05) is 31.3 Å².